The smallest absolute Gasteiger partial charge is 0.253 e. The predicted molar refractivity (Wildman–Crippen MR) is 95.9 cm³/mol. The molecule has 0 aromatic heterocycles. The Morgan fingerprint density at radius 2 is 1.96 bits per heavy atom. The molecule has 1 saturated heterocycles. The van der Waals surface area contributed by atoms with Crippen molar-refractivity contribution in [1.82, 2.24) is 10.2 Å². The maximum Gasteiger partial charge on any atom is 0.253 e. The van der Waals surface area contributed by atoms with E-state index in [1.54, 1.807) is 4.90 Å². The highest BCUT2D eigenvalue weighted by Crippen LogP contribution is 2.29. The quantitative estimate of drug-likeness (QED) is 0.863. The summed E-state index contributed by atoms with van der Waals surface area (Å²) in [5.74, 6) is 0.604. The Balaban J connectivity index is 1.58. The van der Waals surface area contributed by atoms with Gasteiger partial charge in [0.2, 0.25) is 5.91 Å². The van der Waals surface area contributed by atoms with Crippen molar-refractivity contribution >= 4 is 11.8 Å². The molecule has 1 aliphatic heterocycles. The number of morpholine rings is 1. The average molecular weight is 344 g/mol. The molecule has 136 valence electrons. The van der Waals surface area contributed by atoms with Gasteiger partial charge in [-0.05, 0) is 24.3 Å². The van der Waals surface area contributed by atoms with E-state index in [-0.39, 0.29) is 18.4 Å². The van der Waals surface area contributed by atoms with Gasteiger partial charge >= 0.3 is 0 Å². The SMILES string of the molecule is CN(CCCC1CCCC1)C(=O)[C@H]1OCC(=O)N[C@@H]1c1ccccc1. The van der Waals surface area contributed by atoms with Crippen LogP contribution >= 0.6 is 0 Å². The number of carbonyl (C=O) groups excluding carboxylic acids is 2. The lowest BCUT2D eigenvalue weighted by molar-refractivity contribution is -0.154. The highest BCUT2D eigenvalue weighted by molar-refractivity contribution is 5.86. The Hall–Kier alpha value is -1.88. The Labute approximate surface area is 149 Å². The molecule has 1 N–H and O–H groups in total. The van der Waals surface area contributed by atoms with Gasteiger partial charge in [-0.1, -0.05) is 56.0 Å². The van der Waals surface area contributed by atoms with E-state index in [1.165, 1.54) is 32.1 Å². The predicted octanol–water partition coefficient (Wildman–Crippen LogP) is 2.67. The summed E-state index contributed by atoms with van der Waals surface area (Å²) in [5, 5.41) is 2.91. The molecule has 5 heteroatoms. The number of carbonyl (C=O) groups is 2. The number of likely N-dealkylation sites (N-methyl/N-ethyl adjacent to an activating group) is 1. The summed E-state index contributed by atoms with van der Waals surface area (Å²) in [7, 11) is 1.83. The molecule has 1 heterocycles. The van der Waals surface area contributed by atoms with Gasteiger partial charge in [-0.2, -0.15) is 0 Å². The summed E-state index contributed by atoms with van der Waals surface area (Å²) < 4.78 is 5.62. The topological polar surface area (TPSA) is 58.6 Å². The van der Waals surface area contributed by atoms with Crippen LogP contribution in [0.3, 0.4) is 0 Å². The Bertz CT molecular complexity index is 584. The summed E-state index contributed by atoms with van der Waals surface area (Å²) in [6, 6.07) is 9.14. The lowest BCUT2D eigenvalue weighted by atomic mass is 9.98. The fraction of sp³-hybridized carbons (Fsp3) is 0.600. The maximum atomic E-state index is 12.9. The number of nitrogens with zero attached hydrogens (tertiary/aromatic N) is 1. The highest BCUT2D eigenvalue weighted by Gasteiger charge is 2.37. The van der Waals surface area contributed by atoms with E-state index in [2.05, 4.69) is 5.32 Å². The largest absolute Gasteiger partial charge is 0.356 e. The van der Waals surface area contributed by atoms with Crippen LogP contribution in [0, 0.1) is 5.92 Å². The van der Waals surface area contributed by atoms with Crippen molar-refractivity contribution in [3.8, 4) is 0 Å². The number of ether oxygens (including phenoxy) is 1. The lowest BCUT2D eigenvalue weighted by Gasteiger charge is -2.34. The van der Waals surface area contributed by atoms with Crippen molar-refractivity contribution < 1.29 is 14.3 Å². The van der Waals surface area contributed by atoms with Crippen LogP contribution < -0.4 is 5.32 Å². The zero-order chi connectivity index (χ0) is 17.6. The molecule has 2 amide bonds. The van der Waals surface area contributed by atoms with Gasteiger partial charge in [-0.25, -0.2) is 0 Å². The fourth-order valence-electron chi connectivity index (χ4n) is 3.93. The Morgan fingerprint density at radius 3 is 2.68 bits per heavy atom. The molecule has 1 aromatic rings. The van der Waals surface area contributed by atoms with Crippen molar-refractivity contribution in [3.05, 3.63) is 35.9 Å². The molecule has 1 saturated carbocycles. The van der Waals surface area contributed by atoms with Gasteiger partial charge in [0, 0.05) is 13.6 Å². The molecule has 0 unspecified atom stereocenters. The second-order valence-corrected chi connectivity index (χ2v) is 7.24. The third-order valence-electron chi connectivity index (χ3n) is 5.37. The molecule has 1 aromatic carbocycles. The van der Waals surface area contributed by atoms with E-state index in [9.17, 15) is 9.59 Å². The van der Waals surface area contributed by atoms with E-state index in [0.29, 0.717) is 0 Å². The summed E-state index contributed by atoms with van der Waals surface area (Å²) in [6.45, 7) is 0.681. The third kappa shape index (κ3) is 4.60. The third-order valence-corrected chi connectivity index (χ3v) is 5.37. The first kappa shape index (κ1) is 17.9. The van der Waals surface area contributed by atoms with Gasteiger partial charge in [0.1, 0.15) is 6.61 Å². The zero-order valence-corrected chi connectivity index (χ0v) is 14.9. The van der Waals surface area contributed by atoms with Crippen molar-refractivity contribution in [2.75, 3.05) is 20.2 Å². The van der Waals surface area contributed by atoms with Gasteiger partial charge in [0.25, 0.3) is 5.91 Å². The normalized spacial score (nSPS) is 24.1. The first-order chi connectivity index (χ1) is 12.1. The maximum absolute atomic E-state index is 12.9. The van der Waals surface area contributed by atoms with E-state index in [1.807, 2.05) is 37.4 Å². The van der Waals surface area contributed by atoms with Crippen LogP contribution in [0.1, 0.15) is 50.1 Å². The van der Waals surface area contributed by atoms with Crippen LogP contribution in [0.4, 0.5) is 0 Å². The van der Waals surface area contributed by atoms with E-state index >= 15 is 0 Å². The van der Waals surface area contributed by atoms with Crippen molar-refractivity contribution in [2.24, 2.45) is 5.92 Å². The molecule has 0 radical (unpaired) electrons. The van der Waals surface area contributed by atoms with Crippen LogP contribution in [0.2, 0.25) is 0 Å². The first-order valence-electron chi connectivity index (χ1n) is 9.36. The second kappa shape index (κ2) is 8.48. The second-order valence-electron chi connectivity index (χ2n) is 7.24. The number of nitrogens with one attached hydrogen (secondary N) is 1. The average Bonchev–Trinajstić information content (AvgIpc) is 3.15. The lowest BCUT2D eigenvalue weighted by Crippen LogP contribution is -2.52. The highest BCUT2D eigenvalue weighted by atomic mass is 16.5. The van der Waals surface area contributed by atoms with E-state index in [4.69, 9.17) is 4.74 Å². The summed E-state index contributed by atoms with van der Waals surface area (Å²) in [6.07, 6.45) is 6.96. The zero-order valence-electron chi connectivity index (χ0n) is 14.9. The van der Waals surface area contributed by atoms with Crippen molar-refractivity contribution in [3.63, 3.8) is 0 Å². The number of benzene rings is 1. The summed E-state index contributed by atoms with van der Waals surface area (Å²) in [4.78, 5) is 26.4. The monoisotopic (exact) mass is 344 g/mol. The van der Waals surface area contributed by atoms with Gasteiger partial charge < -0.3 is 15.0 Å². The first-order valence-corrected chi connectivity index (χ1v) is 9.36. The van der Waals surface area contributed by atoms with Crippen LogP contribution in [0.15, 0.2) is 30.3 Å². The molecule has 25 heavy (non-hydrogen) atoms. The van der Waals surface area contributed by atoms with Crippen molar-refractivity contribution in [1.29, 1.82) is 0 Å². The van der Waals surface area contributed by atoms with Crippen LogP contribution in [0.5, 0.6) is 0 Å². The molecular weight excluding hydrogens is 316 g/mol. The molecule has 2 atom stereocenters. The van der Waals surface area contributed by atoms with Crippen molar-refractivity contribution in [2.45, 2.75) is 50.7 Å². The molecule has 3 rings (SSSR count). The molecule has 2 aliphatic rings. The molecule has 0 bridgehead atoms. The number of hydrogen-bond acceptors (Lipinski definition) is 3. The Kier molecular flexibility index (Phi) is 6.08. The molecular formula is C20H28N2O3. The van der Waals surface area contributed by atoms with Crippen LogP contribution in [0.25, 0.3) is 0 Å². The molecule has 0 spiro atoms. The minimum absolute atomic E-state index is 0.0553. The summed E-state index contributed by atoms with van der Waals surface area (Å²) >= 11 is 0. The van der Waals surface area contributed by atoms with Crippen LogP contribution in [-0.2, 0) is 14.3 Å². The summed E-state index contributed by atoms with van der Waals surface area (Å²) in [5.41, 5.74) is 0.897. The number of amides is 2. The Morgan fingerprint density at radius 1 is 1.24 bits per heavy atom. The molecule has 1 aliphatic carbocycles. The minimum Gasteiger partial charge on any atom is -0.356 e. The number of hydrogen-bond donors (Lipinski definition) is 1. The van der Waals surface area contributed by atoms with Gasteiger partial charge in [0.05, 0.1) is 6.04 Å². The number of rotatable bonds is 6. The standard InChI is InChI=1S/C20H28N2O3/c1-22(13-7-10-15-8-5-6-9-15)20(24)19-18(21-17(23)14-25-19)16-11-3-2-4-12-16/h2-4,11-12,15,18-19H,5-10,13-14H2,1H3,(H,21,23)/t18-,19+/m1/s1. The van der Waals surface area contributed by atoms with Gasteiger partial charge in [0.15, 0.2) is 6.10 Å². The fourth-order valence-corrected chi connectivity index (χ4v) is 3.93. The molecule has 2 fully saturated rings. The van der Waals surface area contributed by atoms with E-state index in [0.717, 1.165) is 24.4 Å². The van der Waals surface area contributed by atoms with Gasteiger partial charge in [-0.3, -0.25) is 9.59 Å². The van der Waals surface area contributed by atoms with Gasteiger partial charge in [-0.15, -0.1) is 0 Å². The minimum atomic E-state index is -0.656. The van der Waals surface area contributed by atoms with E-state index < -0.39 is 12.1 Å². The molecule has 5 nitrogen and oxygen atoms in total. The van der Waals surface area contributed by atoms with Crippen LogP contribution in [-0.4, -0.2) is 43.0 Å².